The Kier molecular flexibility index (Phi) is 6.56. The van der Waals surface area contributed by atoms with E-state index in [4.69, 9.17) is 4.74 Å². The number of sulfonamides is 1. The summed E-state index contributed by atoms with van der Waals surface area (Å²) in [4.78, 5) is 4.74. The number of nitrogens with one attached hydrogen (secondary N) is 1. The molecule has 0 bridgehead atoms. The Morgan fingerprint density at radius 3 is 2.69 bits per heavy atom. The van der Waals surface area contributed by atoms with Gasteiger partial charge in [-0.15, -0.1) is 11.3 Å². The number of benzene rings is 2. The number of phenolic OH excluding ortho intramolecular Hbond substituents is 1. The van der Waals surface area contributed by atoms with Crippen LogP contribution in [0.25, 0.3) is 11.3 Å². The van der Waals surface area contributed by atoms with Gasteiger partial charge < -0.3 is 9.84 Å². The molecule has 3 aromatic rings. The Labute approximate surface area is 191 Å². The highest BCUT2D eigenvalue weighted by Crippen LogP contribution is 2.28. The highest BCUT2D eigenvalue weighted by molar-refractivity contribution is 7.89. The molecular weight excluding hydrogens is 448 g/mol. The van der Waals surface area contributed by atoms with Gasteiger partial charge in [0.15, 0.2) is 0 Å². The Balaban J connectivity index is 1.50. The molecule has 0 aliphatic carbocycles. The van der Waals surface area contributed by atoms with Crippen molar-refractivity contribution in [2.45, 2.75) is 31.0 Å². The number of thiazole rings is 1. The third-order valence-corrected chi connectivity index (χ3v) is 7.48. The number of hydrazone groups is 1. The lowest BCUT2D eigenvalue weighted by atomic mass is 10.2. The summed E-state index contributed by atoms with van der Waals surface area (Å²) in [5.41, 5.74) is 4.98. The van der Waals surface area contributed by atoms with Gasteiger partial charge in [-0.1, -0.05) is 24.3 Å². The molecule has 2 heterocycles. The summed E-state index contributed by atoms with van der Waals surface area (Å²) in [5.74, 6) is 0.168. The number of nitrogens with zero attached hydrogens (tertiary/aromatic N) is 3. The van der Waals surface area contributed by atoms with Crippen LogP contribution in [0, 0.1) is 0 Å². The topological polar surface area (TPSA) is 104 Å². The molecule has 8 nitrogen and oxygen atoms in total. The number of morpholine rings is 1. The molecule has 0 radical (unpaired) electrons. The van der Waals surface area contributed by atoms with Crippen molar-refractivity contribution in [1.29, 1.82) is 0 Å². The molecule has 168 valence electrons. The van der Waals surface area contributed by atoms with Crippen LogP contribution in [0.5, 0.6) is 5.75 Å². The van der Waals surface area contributed by atoms with E-state index < -0.39 is 10.0 Å². The molecule has 2 atom stereocenters. The standard InChI is InChI=1S/C22H24N4O4S2/c1-15-12-26(13-16(2)30-15)32(28,29)20-8-4-6-18(10-20)21-14-31-22(24-21)25-23-11-17-5-3-7-19(27)9-17/h3-11,14-16,27H,12-13H2,1-2H3,(H,24,25). The molecule has 32 heavy (non-hydrogen) atoms. The molecular formula is C22H24N4O4S2. The minimum Gasteiger partial charge on any atom is -0.508 e. The van der Waals surface area contributed by atoms with Crippen LogP contribution in [-0.4, -0.2) is 54.3 Å². The number of aromatic hydroxyl groups is 1. The fourth-order valence-corrected chi connectivity index (χ4v) is 5.82. The molecule has 4 rings (SSSR count). The summed E-state index contributed by atoms with van der Waals surface area (Å²) in [6.45, 7) is 4.42. The van der Waals surface area contributed by atoms with Gasteiger partial charge in [0.1, 0.15) is 5.75 Å². The van der Waals surface area contributed by atoms with E-state index in [1.165, 1.54) is 15.6 Å². The van der Waals surface area contributed by atoms with Crippen LogP contribution < -0.4 is 5.43 Å². The predicted molar refractivity (Wildman–Crippen MR) is 126 cm³/mol. The van der Waals surface area contributed by atoms with Crippen LogP contribution in [0.1, 0.15) is 19.4 Å². The molecule has 0 saturated carbocycles. The highest BCUT2D eigenvalue weighted by atomic mass is 32.2. The molecule has 0 spiro atoms. The summed E-state index contributed by atoms with van der Waals surface area (Å²) >= 11 is 1.36. The van der Waals surface area contributed by atoms with E-state index in [0.29, 0.717) is 29.5 Å². The Hall–Kier alpha value is -2.79. The van der Waals surface area contributed by atoms with E-state index in [1.807, 2.05) is 31.4 Å². The van der Waals surface area contributed by atoms with Crippen LogP contribution in [0.2, 0.25) is 0 Å². The zero-order chi connectivity index (χ0) is 22.7. The van der Waals surface area contributed by atoms with Crippen molar-refractivity contribution in [3.63, 3.8) is 0 Å². The van der Waals surface area contributed by atoms with Gasteiger partial charge in [-0.25, -0.2) is 13.4 Å². The fraction of sp³-hybridized carbons (Fsp3) is 0.273. The van der Waals surface area contributed by atoms with Crippen LogP contribution >= 0.6 is 11.3 Å². The molecule has 10 heteroatoms. The van der Waals surface area contributed by atoms with Crippen molar-refractivity contribution in [3.8, 4) is 17.0 Å². The van der Waals surface area contributed by atoms with Crippen molar-refractivity contribution in [1.82, 2.24) is 9.29 Å². The molecule has 1 fully saturated rings. The van der Waals surface area contributed by atoms with Crippen LogP contribution in [0.4, 0.5) is 5.13 Å². The first-order chi connectivity index (χ1) is 15.3. The first-order valence-electron chi connectivity index (χ1n) is 10.1. The van der Waals surface area contributed by atoms with Gasteiger partial charge in [0.05, 0.1) is 29.0 Å². The third-order valence-electron chi connectivity index (χ3n) is 4.90. The highest BCUT2D eigenvalue weighted by Gasteiger charge is 2.32. The van der Waals surface area contributed by atoms with Gasteiger partial charge >= 0.3 is 0 Å². The van der Waals surface area contributed by atoms with Gasteiger partial charge in [-0.2, -0.15) is 9.41 Å². The van der Waals surface area contributed by atoms with Crippen molar-refractivity contribution >= 4 is 32.7 Å². The predicted octanol–water partition coefficient (Wildman–Crippen LogP) is 3.76. The maximum absolute atomic E-state index is 13.2. The first kappa shape index (κ1) is 22.4. The molecule has 2 unspecified atom stereocenters. The lowest BCUT2D eigenvalue weighted by Gasteiger charge is -2.34. The number of rotatable bonds is 6. The molecule has 1 aliphatic heterocycles. The van der Waals surface area contributed by atoms with Crippen molar-refractivity contribution in [2.24, 2.45) is 5.10 Å². The second-order valence-electron chi connectivity index (χ2n) is 7.61. The third kappa shape index (κ3) is 5.16. The van der Waals surface area contributed by atoms with E-state index in [0.717, 1.165) is 5.56 Å². The number of hydrogen-bond acceptors (Lipinski definition) is 8. The average molecular weight is 473 g/mol. The van der Waals surface area contributed by atoms with Gasteiger partial charge in [0.25, 0.3) is 0 Å². The van der Waals surface area contributed by atoms with E-state index in [9.17, 15) is 13.5 Å². The largest absolute Gasteiger partial charge is 0.508 e. The summed E-state index contributed by atoms with van der Waals surface area (Å²) in [6.07, 6.45) is 1.28. The second kappa shape index (κ2) is 9.37. The fourth-order valence-electron chi connectivity index (χ4n) is 3.52. The molecule has 2 aromatic carbocycles. The van der Waals surface area contributed by atoms with E-state index in [2.05, 4.69) is 15.5 Å². The smallest absolute Gasteiger partial charge is 0.243 e. The van der Waals surface area contributed by atoms with E-state index >= 15 is 0 Å². The minimum atomic E-state index is -3.63. The van der Waals surface area contributed by atoms with Gasteiger partial charge in [0.2, 0.25) is 15.2 Å². The van der Waals surface area contributed by atoms with Gasteiger partial charge in [0, 0.05) is 24.0 Å². The second-order valence-corrected chi connectivity index (χ2v) is 10.4. The zero-order valence-corrected chi connectivity index (χ0v) is 19.3. The molecule has 2 N–H and O–H groups in total. The van der Waals surface area contributed by atoms with Crippen molar-refractivity contribution in [3.05, 3.63) is 59.5 Å². The molecule has 1 aliphatic rings. The lowest BCUT2D eigenvalue weighted by molar-refractivity contribution is -0.0440. The van der Waals surface area contributed by atoms with E-state index in [-0.39, 0.29) is 22.9 Å². The summed E-state index contributed by atoms with van der Waals surface area (Å²) in [6, 6.07) is 13.6. The Morgan fingerprint density at radius 1 is 1.19 bits per heavy atom. The monoisotopic (exact) mass is 472 g/mol. The van der Waals surface area contributed by atoms with Crippen LogP contribution in [0.15, 0.2) is 63.9 Å². The summed E-state index contributed by atoms with van der Waals surface area (Å²) < 4.78 is 33.5. The van der Waals surface area contributed by atoms with Crippen molar-refractivity contribution in [2.75, 3.05) is 18.5 Å². The summed E-state index contributed by atoms with van der Waals surface area (Å²) in [7, 11) is -3.63. The van der Waals surface area contributed by atoms with E-state index in [1.54, 1.807) is 42.6 Å². The quantitative estimate of drug-likeness (QED) is 0.418. The average Bonchev–Trinajstić information content (AvgIpc) is 3.22. The maximum atomic E-state index is 13.2. The van der Waals surface area contributed by atoms with Crippen LogP contribution in [0.3, 0.4) is 0 Å². The molecule has 1 saturated heterocycles. The molecule has 1 aromatic heterocycles. The Morgan fingerprint density at radius 2 is 1.94 bits per heavy atom. The van der Waals surface area contributed by atoms with Crippen molar-refractivity contribution < 1.29 is 18.3 Å². The number of aromatic nitrogens is 1. The normalized spacial score (nSPS) is 19.9. The maximum Gasteiger partial charge on any atom is 0.243 e. The van der Waals surface area contributed by atoms with Crippen LogP contribution in [-0.2, 0) is 14.8 Å². The van der Waals surface area contributed by atoms with Gasteiger partial charge in [-0.3, -0.25) is 5.43 Å². The number of phenols is 1. The minimum absolute atomic E-state index is 0.149. The first-order valence-corrected chi connectivity index (χ1v) is 12.4. The molecule has 0 amide bonds. The number of ether oxygens (including phenoxy) is 1. The Bertz CT molecular complexity index is 1220. The number of anilines is 1. The van der Waals surface area contributed by atoms with Gasteiger partial charge in [-0.05, 0) is 43.7 Å². The number of hydrogen-bond donors (Lipinski definition) is 2. The SMILES string of the molecule is CC1CN(S(=O)(=O)c2cccc(-c3csc(NN=Cc4cccc(O)c4)n3)c2)CC(C)O1. The zero-order valence-electron chi connectivity index (χ0n) is 17.7. The summed E-state index contributed by atoms with van der Waals surface area (Å²) in [5, 5.41) is 16.1. The lowest BCUT2D eigenvalue weighted by Crippen LogP contribution is -2.48.